The molecule has 102 valence electrons. The van der Waals surface area contributed by atoms with Gasteiger partial charge in [0.1, 0.15) is 0 Å². The van der Waals surface area contributed by atoms with Crippen molar-refractivity contribution >= 4 is 0 Å². The molecular formula is C17H24N2. The van der Waals surface area contributed by atoms with Gasteiger partial charge in [0.25, 0.3) is 0 Å². The lowest BCUT2D eigenvalue weighted by Gasteiger charge is -2.43. The monoisotopic (exact) mass is 256 g/mol. The van der Waals surface area contributed by atoms with Crippen LogP contribution in [-0.4, -0.2) is 23.0 Å². The van der Waals surface area contributed by atoms with Crippen LogP contribution >= 0.6 is 0 Å². The number of aryl methyl sites for hydroxylation is 1. The van der Waals surface area contributed by atoms with E-state index in [1.165, 1.54) is 50.8 Å². The Morgan fingerprint density at radius 1 is 1.37 bits per heavy atom. The van der Waals surface area contributed by atoms with E-state index in [0.29, 0.717) is 0 Å². The fourth-order valence-electron chi connectivity index (χ4n) is 3.50. The van der Waals surface area contributed by atoms with E-state index in [9.17, 15) is 0 Å². The molecule has 2 bridgehead atoms. The number of allylic oxidation sites excluding steroid dienone is 2. The molecule has 3 fully saturated rings. The van der Waals surface area contributed by atoms with Crippen LogP contribution < -0.4 is 0 Å². The summed E-state index contributed by atoms with van der Waals surface area (Å²) in [5.74, 6) is 0.980. The van der Waals surface area contributed by atoms with Gasteiger partial charge in [-0.05, 0) is 63.0 Å². The molecule has 0 radical (unpaired) electrons. The maximum Gasteiger partial charge on any atom is 0.0299 e. The van der Waals surface area contributed by atoms with Crippen molar-refractivity contribution in [3.8, 4) is 0 Å². The summed E-state index contributed by atoms with van der Waals surface area (Å²) in [6, 6.07) is 4.22. The van der Waals surface area contributed by atoms with Crippen molar-refractivity contribution in [2.24, 2.45) is 5.92 Å². The minimum absolute atomic E-state index is 0.980. The number of nitrogens with zero attached hydrogens (tertiary/aromatic N) is 2. The van der Waals surface area contributed by atoms with Gasteiger partial charge < -0.3 is 4.90 Å². The first kappa shape index (κ1) is 12.7. The molecule has 4 rings (SSSR count). The minimum Gasteiger partial charge on any atom is -0.375 e. The van der Waals surface area contributed by atoms with Crippen LogP contribution in [0.5, 0.6) is 0 Å². The fourth-order valence-corrected chi connectivity index (χ4v) is 3.50. The lowest BCUT2D eigenvalue weighted by molar-refractivity contribution is 0.157. The largest absolute Gasteiger partial charge is 0.375 e. The molecule has 1 aromatic heterocycles. The number of aromatic nitrogens is 1. The smallest absolute Gasteiger partial charge is 0.0299 e. The average Bonchev–Trinajstić information content (AvgIpc) is 2.49. The maximum atomic E-state index is 4.18. The van der Waals surface area contributed by atoms with Gasteiger partial charge in [-0.15, -0.1) is 0 Å². The summed E-state index contributed by atoms with van der Waals surface area (Å²) in [5, 5.41) is 0. The molecule has 0 unspecified atom stereocenters. The van der Waals surface area contributed by atoms with Crippen molar-refractivity contribution in [3.05, 3.63) is 41.4 Å². The minimum atomic E-state index is 0.980. The molecule has 2 heteroatoms. The maximum absolute atomic E-state index is 4.18. The van der Waals surface area contributed by atoms with Crippen LogP contribution in [0.15, 0.2) is 35.8 Å². The van der Waals surface area contributed by atoms with E-state index in [-0.39, 0.29) is 0 Å². The number of hydrogen-bond donors (Lipinski definition) is 0. The molecule has 4 heterocycles. The first-order valence-electron chi connectivity index (χ1n) is 7.65. The summed E-state index contributed by atoms with van der Waals surface area (Å²) in [7, 11) is 0. The Balaban J connectivity index is 1.55. The van der Waals surface area contributed by atoms with Crippen molar-refractivity contribution in [1.82, 2.24) is 9.88 Å². The van der Waals surface area contributed by atoms with E-state index >= 15 is 0 Å². The molecule has 0 N–H and O–H groups in total. The third-order valence-corrected chi connectivity index (χ3v) is 4.71. The highest BCUT2D eigenvalue weighted by Crippen LogP contribution is 2.36. The normalized spacial score (nSPS) is 21.8. The van der Waals surface area contributed by atoms with E-state index in [2.05, 4.69) is 22.9 Å². The van der Waals surface area contributed by atoms with Crippen LogP contribution in [0, 0.1) is 5.92 Å². The van der Waals surface area contributed by atoms with Gasteiger partial charge in [-0.1, -0.05) is 11.6 Å². The van der Waals surface area contributed by atoms with Gasteiger partial charge in [0.15, 0.2) is 0 Å². The van der Waals surface area contributed by atoms with Gasteiger partial charge in [-0.2, -0.15) is 0 Å². The molecule has 2 nitrogen and oxygen atoms in total. The van der Waals surface area contributed by atoms with Crippen LogP contribution in [0.25, 0.3) is 0 Å². The Hall–Kier alpha value is -1.31. The topological polar surface area (TPSA) is 16.1 Å². The highest BCUT2D eigenvalue weighted by Gasteiger charge is 2.29. The van der Waals surface area contributed by atoms with Crippen molar-refractivity contribution < 1.29 is 0 Å². The van der Waals surface area contributed by atoms with E-state index in [4.69, 9.17) is 0 Å². The van der Waals surface area contributed by atoms with Crippen molar-refractivity contribution in [2.75, 3.05) is 13.1 Å². The van der Waals surface area contributed by atoms with Gasteiger partial charge in [-0.25, -0.2) is 0 Å². The zero-order valence-electron chi connectivity index (χ0n) is 11.9. The Bertz CT molecular complexity index is 442. The van der Waals surface area contributed by atoms with E-state index in [0.717, 1.165) is 12.3 Å². The second-order valence-corrected chi connectivity index (χ2v) is 6.08. The molecule has 3 saturated heterocycles. The van der Waals surface area contributed by atoms with Crippen LogP contribution in [0.3, 0.4) is 0 Å². The van der Waals surface area contributed by atoms with Crippen LogP contribution in [0.4, 0.5) is 0 Å². The summed E-state index contributed by atoms with van der Waals surface area (Å²) in [5.41, 5.74) is 4.67. The number of hydrogen-bond acceptors (Lipinski definition) is 2. The van der Waals surface area contributed by atoms with Gasteiger partial charge in [0, 0.05) is 31.2 Å². The predicted octanol–water partition coefficient (Wildman–Crippen LogP) is 3.79. The SMILES string of the molecule is CC(CCCc1cccnc1)=C1CC2CCN1CC2. The summed E-state index contributed by atoms with van der Waals surface area (Å²) in [6.45, 7) is 4.96. The third kappa shape index (κ3) is 2.99. The average molecular weight is 256 g/mol. The molecule has 1 aromatic rings. The van der Waals surface area contributed by atoms with Crippen LogP contribution in [0.2, 0.25) is 0 Å². The lowest BCUT2D eigenvalue weighted by Crippen LogP contribution is -2.40. The zero-order chi connectivity index (χ0) is 13.1. The van der Waals surface area contributed by atoms with E-state index < -0.39 is 0 Å². The molecule has 0 aliphatic carbocycles. The van der Waals surface area contributed by atoms with Crippen LogP contribution in [0.1, 0.15) is 44.6 Å². The lowest BCUT2D eigenvalue weighted by atomic mass is 9.84. The van der Waals surface area contributed by atoms with Gasteiger partial charge >= 0.3 is 0 Å². The quantitative estimate of drug-likeness (QED) is 0.814. The first-order valence-corrected chi connectivity index (χ1v) is 7.65. The Morgan fingerprint density at radius 3 is 2.84 bits per heavy atom. The Morgan fingerprint density at radius 2 is 2.21 bits per heavy atom. The fraction of sp³-hybridized carbons (Fsp3) is 0.588. The summed E-state index contributed by atoms with van der Waals surface area (Å²) in [6.07, 6.45) is 11.7. The Kier molecular flexibility index (Phi) is 3.86. The molecular weight excluding hydrogens is 232 g/mol. The zero-order valence-corrected chi connectivity index (χ0v) is 11.9. The van der Waals surface area contributed by atoms with Crippen molar-refractivity contribution in [2.45, 2.75) is 45.4 Å². The van der Waals surface area contributed by atoms with E-state index in [1.54, 1.807) is 11.3 Å². The third-order valence-electron chi connectivity index (χ3n) is 4.71. The molecule has 0 spiro atoms. The van der Waals surface area contributed by atoms with Gasteiger partial charge in [0.05, 0.1) is 0 Å². The second kappa shape index (κ2) is 5.77. The molecule has 0 atom stereocenters. The number of fused-ring (bicyclic) bond motifs is 3. The molecule has 0 amide bonds. The van der Waals surface area contributed by atoms with E-state index in [1.807, 2.05) is 18.5 Å². The summed E-state index contributed by atoms with van der Waals surface area (Å²) < 4.78 is 0. The first-order chi connectivity index (χ1) is 9.33. The highest BCUT2D eigenvalue weighted by molar-refractivity contribution is 5.17. The second-order valence-electron chi connectivity index (χ2n) is 6.08. The molecule has 3 aliphatic heterocycles. The van der Waals surface area contributed by atoms with Gasteiger partial charge in [0.2, 0.25) is 0 Å². The molecule has 0 saturated carbocycles. The number of pyridine rings is 1. The Labute approximate surface area is 116 Å². The highest BCUT2D eigenvalue weighted by atomic mass is 15.2. The van der Waals surface area contributed by atoms with Crippen molar-refractivity contribution in [3.63, 3.8) is 0 Å². The number of piperidine rings is 3. The van der Waals surface area contributed by atoms with Crippen molar-refractivity contribution in [1.29, 1.82) is 0 Å². The summed E-state index contributed by atoms with van der Waals surface area (Å²) in [4.78, 5) is 6.82. The summed E-state index contributed by atoms with van der Waals surface area (Å²) >= 11 is 0. The molecule has 0 aromatic carbocycles. The molecule has 19 heavy (non-hydrogen) atoms. The number of rotatable bonds is 4. The van der Waals surface area contributed by atoms with Crippen LogP contribution in [-0.2, 0) is 6.42 Å². The standard InChI is InChI=1S/C17H24N2/c1-14(4-2-5-16-6-3-9-18-13-16)17-12-15-7-10-19(17)11-8-15/h3,6,9,13,15H,2,4-5,7-8,10-12H2,1H3. The van der Waals surface area contributed by atoms with Gasteiger partial charge in [-0.3, -0.25) is 4.98 Å². The molecule has 3 aliphatic rings. The predicted molar refractivity (Wildman–Crippen MR) is 78.8 cm³/mol.